The zero-order valence-electron chi connectivity index (χ0n) is 14.4. The lowest BCUT2D eigenvalue weighted by Gasteiger charge is -2.29. The van der Waals surface area contributed by atoms with Crippen molar-refractivity contribution in [3.05, 3.63) is 42.0 Å². The Morgan fingerprint density at radius 1 is 1.12 bits per heavy atom. The third-order valence-electron chi connectivity index (χ3n) is 4.24. The van der Waals surface area contributed by atoms with Crippen molar-refractivity contribution in [2.45, 2.75) is 13.0 Å². The summed E-state index contributed by atoms with van der Waals surface area (Å²) in [5.74, 6) is -0.358. The van der Waals surface area contributed by atoms with Crippen molar-refractivity contribution in [2.75, 3.05) is 33.4 Å². The third-order valence-corrected chi connectivity index (χ3v) is 4.24. The van der Waals surface area contributed by atoms with E-state index in [0.717, 1.165) is 10.8 Å². The number of carbonyl (C=O) groups is 2. The maximum Gasteiger partial charge on any atom is 0.342 e. The number of nitrogens with zero attached hydrogens (tertiary/aromatic N) is 1. The normalized spacial score (nSPS) is 15.7. The Balaban J connectivity index is 1.78. The van der Waals surface area contributed by atoms with Crippen LogP contribution in [-0.4, -0.2) is 56.3 Å². The fraction of sp³-hybridized carbons (Fsp3) is 0.368. The number of morpholine rings is 1. The van der Waals surface area contributed by atoms with Gasteiger partial charge in [0.1, 0.15) is 11.3 Å². The average Bonchev–Trinajstić information content (AvgIpc) is 2.66. The molecule has 1 amide bonds. The second-order valence-corrected chi connectivity index (χ2v) is 5.88. The molecule has 0 aliphatic carbocycles. The summed E-state index contributed by atoms with van der Waals surface area (Å²) < 4.78 is 15.9. The van der Waals surface area contributed by atoms with Crippen LogP contribution in [0, 0.1) is 0 Å². The van der Waals surface area contributed by atoms with Crippen molar-refractivity contribution in [1.29, 1.82) is 0 Å². The summed E-state index contributed by atoms with van der Waals surface area (Å²) in [5, 5.41) is 1.87. The van der Waals surface area contributed by atoms with Gasteiger partial charge in [0.25, 0.3) is 5.91 Å². The number of amides is 1. The Morgan fingerprint density at radius 2 is 1.76 bits per heavy atom. The first kappa shape index (κ1) is 17.2. The van der Waals surface area contributed by atoms with Gasteiger partial charge >= 0.3 is 5.97 Å². The Bertz CT molecular complexity index is 782. The minimum absolute atomic E-state index is 0.212. The minimum Gasteiger partial charge on any atom is -0.496 e. The highest BCUT2D eigenvalue weighted by Gasteiger charge is 2.26. The molecule has 0 bridgehead atoms. The monoisotopic (exact) mass is 343 g/mol. The van der Waals surface area contributed by atoms with Gasteiger partial charge in [0, 0.05) is 13.1 Å². The van der Waals surface area contributed by atoms with Gasteiger partial charge < -0.3 is 19.1 Å². The number of benzene rings is 2. The van der Waals surface area contributed by atoms with E-state index in [0.29, 0.717) is 37.6 Å². The standard InChI is InChI=1S/C19H21NO5/c1-13(18(21)20-7-9-24-10-8-20)25-19(22)16-11-14-5-3-4-6-15(14)12-17(16)23-2/h3-6,11-13H,7-10H2,1-2H3. The molecule has 0 radical (unpaired) electrons. The van der Waals surface area contributed by atoms with Crippen LogP contribution in [-0.2, 0) is 14.3 Å². The number of hydrogen-bond donors (Lipinski definition) is 0. The fourth-order valence-corrected chi connectivity index (χ4v) is 2.86. The molecule has 132 valence electrons. The molecule has 1 fully saturated rings. The van der Waals surface area contributed by atoms with Gasteiger partial charge in [0.15, 0.2) is 6.10 Å². The van der Waals surface area contributed by atoms with Crippen LogP contribution in [0.15, 0.2) is 36.4 Å². The first-order chi connectivity index (χ1) is 12.1. The quantitative estimate of drug-likeness (QED) is 0.797. The molecule has 0 N–H and O–H groups in total. The number of hydrogen-bond acceptors (Lipinski definition) is 5. The van der Waals surface area contributed by atoms with E-state index in [1.807, 2.05) is 24.3 Å². The molecule has 2 aromatic carbocycles. The van der Waals surface area contributed by atoms with Crippen molar-refractivity contribution < 1.29 is 23.8 Å². The van der Waals surface area contributed by atoms with Crippen LogP contribution in [0.2, 0.25) is 0 Å². The predicted octanol–water partition coefficient (Wildman–Crippen LogP) is 2.25. The van der Waals surface area contributed by atoms with Crippen LogP contribution in [0.4, 0.5) is 0 Å². The molecule has 1 saturated heterocycles. The smallest absolute Gasteiger partial charge is 0.342 e. The van der Waals surface area contributed by atoms with Crippen LogP contribution in [0.5, 0.6) is 5.75 Å². The molecular weight excluding hydrogens is 322 g/mol. The number of esters is 1. The van der Waals surface area contributed by atoms with E-state index in [1.54, 1.807) is 24.0 Å². The molecule has 25 heavy (non-hydrogen) atoms. The average molecular weight is 343 g/mol. The van der Waals surface area contributed by atoms with Gasteiger partial charge in [-0.1, -0.05) is 24.3 Å². The fourth-order valence-electron chi connectivity index (χ4n) is 2.86. The molecule has 1 unspecified atom stereocenters. The third kappa shape index (κ3) is 3.74. The van der Waals surface area contributed by atoms with E-state index in [2.05, 4.69) is 0 Å². The lowest BCUT2D eigenvalue weighted by Crippen LogP contribution is -2.46. The second-order valence-electron chi connectivity index (χ2n) is 5.88. The minimum atomic E-state index is -0.859. The van der Waals surface area contributed by atoms with Crippen LogP contribution >= 0.6 is 0 Å². The molecule has 0 aromatic heterocycles. The van der Waals surface area contributed by atoms with E-state index in [1.165, 1.54) is 7.11 Å². The van der Waals surface area contributed by atoms with Crippen molar-refractivity contribution in [1.82, 2.24) is 4.90 Å². The van der Waals surface area contributed by atoms with E-state index in [4.69, 9.17) is 14.2 Å². The van der Waals surface area contributed by atoms with Gasteiger partial charge in [-0.05, 0) is 29.8 Å². The molecule has 1 aliphatic rings. The molecule has 0 spiro atoms. The maximum atomic E-state index is 12.6. The Hall–Kier alpha value is -2.60. The number of methoxy groups -OCH3 is 1. The zero-order chi connectivity index (χ0) is 17.8. The molecule has 1 aliphatic heterocycles. The van der Waals surface area contributed by atoms with E-state index >= 15 is 0 Å². The van der Waals surface area contributed by atoms with E-state index in [-0.39, 0.29) is 5.91 Å². The highest BCUT2D eigenvalue weighted by molar-refractivity contribution is 5.99. The van der Waals surface area contributed by atoms with Gasteiger partial charge in [-0.3, -0.25) is 4.79 Å². The molecule has 0 saturated carbocycles. The van der Waals surface area contributed by atoms with Gasteiger partial charge in [-0.2, -0.15) is 0 Å². The lowest BCUT2D eigenvalue weighted by atomic mass is 10.1. The highest BCUT2D eigenvalue weighted by atomic mass is 16.5. The Kier molecular flexibility index (Phi) is 5.19. The molecule has 3 rings (SSSR count). The zero-order valence-corrected chi connectivity index (χ0v) is 14.4. The highest BCUT2D eigenvalue weighted by Crippen LogP contribution is 2.27. The van der Waals surface area contributed by atoms with Crippen LogP contribution in [0.1, 0.15) is 17.3 Å². The number of fused-ring (bicyclic) bond motifs is 1. The van der Waals surface area contributed by atoms with Crippen LogP contribution < -0.4 is 4.74 Å². The summed E-state index contributed by atoms with van der Waals surface area (Å²) >= 11 is 0. The van der Waals surface area contributed by atoms with Crippen molar-refractivity contribution >= 4 is 22.6 Å². The van der Waals surface area contributed by atoms with Crippen molar-refractivity contribution in [3.63, 3.8) is 0 Å². The van der Waals surface area contributed by atoms with Gasteiger partial charge in [0.2, 0.25) is 0 Å². The SMILES string of the molecule is COc1cc2ccccc2cc1C(=O)OC(C)C(=O)N1CCOCC1. The summed E-state index contributed by atoms with van der Waals surface area (Å²) in [6, 6.07) is 11.2. The number of carbonyl (C=O) groups excluding carboxylic acids is 2. The van der Waals surface area contributed by atoms with Gasteiger partial charge in [-0.25, -0.2) is 4.79 Å². The molecule has 6 heteroatoms. The summed E-state index contributed by atoms with van der Waals surface area (Å²) in [5.41, 5.74) is 0.308. The first-order valence-electron chi connectivity index (χ1n) is 8.24. The second kappa shape index (κ2) is 7.53. The molecule has 6 nitrogen and oxygen atoms in total. The maximum absolute atomic E-state index is 12.6. The molecule has 1 heterocycles. The summed E-state index contributed by atoms with van der Waals surface area (Å²) in [7, 11) is 1.50. The van der Waals surface area contributed by atoms with Gasteiger partial charge in [-0.15, -0.1) is 0 Å². The summed E-state index contributed by atoms with van der Waals surface area (Å²) in [6.45, 7) is 3.62. The summed E-state index contributed by atoms with van der Waals surface area (Å²) in [4.78, 5) is 26.6. The number of rotatable bonds is 4. The Labute approximate surface area is 146 Å². The topological polar surface area (TPSA) is 65.1 Å². The molecule has 1 atom stereocenters. The largest absolute Gasteiger partial charge is 0.496 e. The van der Waals surface area contributed by atoms with Crippen LogP contribution in [0.3, 0.4) is 0 Å². The molecular formula is C19H21NO5. The molecule has 2 aromatic rings. The first-order valence-corrected chi connectivity index (χ1v) is 8.24. The Morgan fingerprint density at radius 3 is 2.40 bits per heavy atom. The summed E-state index contributed by atoms with van der Waals surface area (Å²) in [6.07, 6.45) is -0.859. The lowest BCUT2D eigenvalue weighted by molar-refractivity contribution is -0.143. The van der Waals surface area contributed by atoms with Gasteiger partial charge in [0.05, 0.1) is 20.3 Å². The number of ether oxygens (including phenoxy) is 3. The van der Waals surface area contributed by atoms with E-state index < -0.39 is 12.1 Å². The predicted molar refractivity (Wildman–Crippen MR) is 92.8 cm³/mol. The van der Waals surface area contributed by atoms with Crippen LogP contribution in [0.25, 0.3) is 10.8 Å². The van der Waals surface area contributed by atoms with Crippen molar-refractivity contribution in [2.24, 2.45) is 0 Å². The van der Waals surface area contributed by atoms with Crippen molar-refractivity contribution in [3.8, 4) is 5.75 Å². The van der Waals surface area contributed by atoms with E-state index in [9.17, 15) is 9.59 Å².